The lowest BCUT2D eigenvalue weighted by Gasteiger charge is -2.27. The van der Waals surface area contributed by atoms with Gasteiger partial charge in [0.05, 0.1) is 0 Å². The first-order chi connectivity index (χ1) is 9.74. The Bertz CT molecular complexity index is 498. The van der Waals surface area contributed by atoms with Crippen LogP contribution in [0.5, 0.6) is 11.5 Å². The number of piperidine rings is 1. The van der Waals surface area contributed by atoms with Crippen LogP contribution >= 0.6 is 0 Å². The zero-order chi connectivity index (χ0) is 13.9. The van der Waals surface area contributed by atoms with Gasteiger partial charge in [0.2, 0.25) is 12.7 Å². The van der Waals surface area contributed by atoms with Gasteiger partial charge in [-0.1, -0.05) is 6.07 Å². The van der Waals surface area contributed by atoms with Crippen molar-refractivity contribution < 1.29 is 14.3 Å². The Kier molecular flexibility index (Phi) is 3.78. The molecule has 0 aromatic heterocycles. The van der Waals surface area contributed by atoms with Crippen LogP contribution in [-0.4, -0.2) is 30.7 Å². The van der Waals surface area contributed by atoms with Crippen LogP contribution in [0.15, 0.2) is 18.2 Å². The summed E-state index contributed by atoms with van der Waals surface area (Å²) in [5.74, 6) is 1.60. The summed E-state index contributed by atoms with van der Waals surface area (Å²) in [6, 6.07) is 5.33. The van der Waals surface area contributed by atoms with Crippen LogP contribution < -0.4 is 15.2 Å². The van der Waals surface area contributed by atoms with Crippen LogP contribution in [-0.2, 0) is 4.79 Å². The molecule has 0 radical (unpaired) electrons. The van der Waals surface area contributed by atoms with Gasteiger partial charge in [0, 0.05) is 25.6 Å². The van der Waals surface area contributed by atoms with Gasteiger partial charge in [0.15, 0.2) is 11.5 Å². The van der Waals surface area contributed by atoms with Crippen molar-refractivity contribution in [3.63, 3.8) is 0 Å². The number of carbonyl (C=O) groups is 1. The van der Waals surface area contributed by atoms with Gasteiger partial charge >= 0.3 is 0 Å². The van der Waals surface area contributed by atoms with Gasteiger partial charge in [0.1, 0.15) is 0 Å². The van der Waals surface area contributed by atoms with Crippen molar-refractivity contribution in [3.05, 3.63) is 23.8 Å². The zero-order valence-corrected chi connectivity index (χ0v) is 11.5. The summed E-state index contributed by atoms with van der Waals surface area (Å²) in [6.45, 7) is 1.99. The molecule has 1 atom stereocenters. The van der Waals surface area contributed by atoms with Crippen molar-refractivity contribution in [2.24, 2.45) is 5.73 Å². The molecule has 2 aliphatic rings. The number of ether oxygens (including phenoxy) is 2. The third-order valence-corrected chi connectivity index (χ3v) is 3.93. The van der Waals surface area contributed by atoms with E-state index in [-0.39, 0.29) is 18.7 Å². The lowest BCUT2D eigenvalue weighted by Crippen LogP contribution is -2.37. The highest BCUT2D eigenvalue weighted by molar-refractivity contribution is 5.77. The average Bonchev–Trinajstić information content (AvgIpc) is 2.95. The SMILES string of the molecule is NC(CC(=O)N1CCCCC1)c1ccc2c(c1)OCO2. The Hall–Kier alpha value is -1.75. The monoisotopic (exact) mass is 276 g/mol. The first-order valence-electron chi connectivity index (χ1n) is 7.17. The molecule has 1 amide bonds. The Morgan fingerprint density at radius 2 is 1.95 bits per heavy atom. The molecule has 2 aliphatic heterocycles. The number of nitrogens with two attached hydrogens (primary N) is 1. The minimum absolute atomic E-state index is 0.148. The number of benzene rings is 1. The highest BCUT2D eigenvalue weighted by atomic mass is 16.7. The van der Waals surface area contributed by atoms with E-state index in [0.717, 1.165) is 37.2 Å². The standard InChI is InChI=1S/C15H20N2O3/c16-12(9-15(18)17-6-2-1-3-7-17)11-4-5-13-14(8-11)20-10-19-13/h4-5,8,12H,1-3,6-7,9-10,16H2. The normalized spacial score (nSPS) is 18.9. The fourth-order valence-electron chi connectivity index (χ4n) is 2.72. The quantitative estimate of drug-likeness (QED) is 0.914. The Morgan fingerprint density at radius 3 is 2.75 bits per heavy atom. The topological polar surface area (TPSA) is 64.8 Å². The minimum atomic E-state index is -0.293. The maximum Gasteiger partial charge on any atom is 0.231 e. The van der Waals surface area contributed by atoms with Crippen molar-refractivity contribution in [1.82, 2.24) is 4.90 Å². The molecule has 1 aromatic carbocycles. The van der Waals surface area contributed by atoms with Gasteiger partial charge in [-0.05, 0) is 37.0 Å². The number of nitrogens with zero attached hydrogens (tertiary/aromatic N) is 1. The first kappa shape index (κ1) is 13.2. The second-order valence-corrected chi connectivity index (χ2v) is 5.36. The third kappa shape index (κ3) is 2.72. The van der Waals surface area contributed by atoms with Gasteiger partial charge in [0.25, 0.3) is 0 Å². The van der Waals surface area contributed by atoms with Crippen LogP contribution in [0.2, 0.25) is 0 Å². The van der Waals surface area contributed by atoms with E-state index in [4.69, 9.17) is 15.2 Å². The van der Waals surface area contributed by atoms with Crippen LogP contribution in [0.4, 0.5) is 0 Å². The van der Waals surface area contributed by atoms with E-state index in [1.165, 1.54) is 6.42 Å². The van der Waals surface area contributed by atoms with Gasteiger partial charge < -0.3 is 20.1 Å². The maximum atomic E-state index is 12.2. The van der Waals surface area contributed by atoms with Crippen LogP contribution in [0.1, 0.15) is 37.3 Å². The summed E-state index contributed by atoms with van der Waals surface area (Å²) < 4.78 is 10.6. The van der Waals surface area contributed by atoms with E-state index in [0.29, 0.717) is 12.2 Å². The highest BCUT2D eigenvalue weighted by Crippen LogP contribution is 2.34. The predicted octanol–water partition coefficient (Wildman–Crippen LogP) is 1.82. The summed E-state index contributed by atoms with van der Waals surface area (Å²) in [5.41, 5.74) is 7.07. The number of hydrogen-bond acceptors (Lipinski definition) is 4. The zero-order valence-electron chi connectivity index (χ0n) is 11.5. The Balaban J connectivity index is 1.63. The van der Waals surface area contributed by atoms with Crippen molar-refractivity contribution in [3.8, 4) is 11.5 Å². The fourth-order valence-corrected chi connectivity index (χ4v) is 2.72. The number of amides is 1. The number of likely N-dealkylation sites (tertiary alicyclic amines) is 1. The van der Waals surface area contributed by atoms with E-state index >= 15 is 0 Å². The molecular weight excluding hydrogens is 256 g/mol. The smallest absolute Gasteiger partial charge is 0.231 e. The van der Waals surface area contributed by atoms with E-state index in [9.17, 15) is 4.79 Å². The molecule has 0 spiro atoms. The molecule has 1 aromatic rings. The molecule has 2 heterocycles. The molecule has 0 saturated carbocycles. The summed E-state index contributed by atoms with van der Waals surface area (Å²) in [7, 11) is 0. The van der Waals surface area contributed by atoms with Crippen molar-refractivity contribution in [2.75, 3.05) is 19.9 Å². The van der Waals surface area contributed by atoms with E-state index in [1.807, 2.05) is 23.1 Å². The largest absolute Gasteiger partial charge is 0.454 e. The summed E-state index contributed by atoms with van der Waals surface area (Å²) in [5, 5.41) is 0. The Morgan fingerprint density at radius 1 is 1.20 bits per heavy atom. The van der Waals surface area contributed by atoms with Crippen molar-refractivity contribution >= 4 is 5.91 Å². The van der Waals surface area contributed by atoms with E-state index in [2.05, 4.69) is 0 Å². The molecule has 0 aliphatic carbocycles. The van der Waals surface area contributed by atoms with Crippen LogP contribution in [0.25, 0.3) is 0 Å². The van der Waals surface area contributed by atoms with E-state index < -0.39 is 0 Å². The van der Waals surface area contributed by atoms with Crippen LogP contribution in [0, 0.1) is 0 Å². The van der Waals surface area contributed by atoms with Gasteiger partial charge in [-0.3, -0.25) is 4.79 Å². The number of hydrogen-bond donors (Lipinski definition) is 1. The molecule has 1 unspecified atom stereocenters. The third-order valence-electron chi connectivity index (χ3n) is 3.93. The summed E-state index contributed by atoms with van der Waals surface area (Å²) in [4.78, 5) is 14.1. The van der Waals surface area contributed by atoms with Crippen molar-refractivity contribution in [2.45, 2.75) is 31.7 Å². The molecule has 2 N–H and O–H groups in total. The van der Waals surface area contributed by atoms with Crippen molar-refractivity contribution in [1.29, 1.82) is 0 Å². The molecule has 5 heteroatoms. The van der Waals surface area contributed by atoms with E-state index in [1.54, 1.807) is 0 Å². The van der Waals surface area contributed by atoms with Gasteiger partial charge in [-0.2, -0.15) is 0 Å². The second kappa shape index (κ2) is 5.71. The van der Waals surface area contributed by atoms with Gasteiger partial charge in [-0.15, -0.1) is 0 Å². The number of rotatable bonds is 3. The number of carbonyl (C=O) groups excluding carboxylic acids is 1. The molecular formula is C15H20N2O3. The average molecular weight is 276 g/mol. The maximum absolute atomic E-state index is 12.2. The predicted molar refractivity (Wildman–Crippen MR) is 74.5 cm³/mol. The highest BCUT2D eigenvalue weighted by Gasteiger charge is 2.21. The molecule has 1 saturated heterocycles. The summed E-state index contributed by atoms with van der Waals surface area (Å²) in [6.07, 6.45) is 3.77. The second-order valence-electron chi connectivity index (χ2n) is 5.36. The molecule has 3 rings (SSSR count). The molecule has 20 heavy (non-hydrogen) atoms. The molecule has 1 fully saturated rings. The Labute approximate surface area is 118 Å². The molecule has 5 nitrogen and oxygen atoms in total. The molecule has 108 valence electrons. The fraction of sp³-hybridized carbons (Fsp3) is 0.533. The minimum Gasteiger partial charge on any atom is -0.454 e. The van der Waals surface area contributed by atoms with Gasteiger partial charge in [-0.25, -0.2) is 0 Å². The number of fused-ring (bicyclic) bond motifs is 1. The lowest BCUT2D eigenvalue weighted by molar-refractivity contribution is -0.132. The first-order valence-corrected chi connectivity index (χ1v) is 7.17. The summed E-state index contributed by atoms with van der Waals surface area (Å²) >= 11 is 0. The van der Waals surface area contributed by atoms with Crippen LogP contribution in [0.3, 0.4) is 0 Å². The molecule has 0 bridgehead atoms. The lowest BCUT2D eigenvalue weighted by atomic mass is 10.0.